The van der Waals surface area contributed by atoms with Gasteiger partial charge in [-0.25, -0.2) is 0 Å². The number of aryl methyl sites for hydroxylation is 2. The van der Waals surface area contributed by atoms with Crippen LogP contribution in [0.25, 0.3) is 0 Å². The third-order valence-electron chi connectivity index (χ3n) is 3.67. The van der Waals surface area contributed by atoms with E-state index in [2.05, 4.69) is 58.9 Å². The Morgan fingerprint density at radius 1 is 1.05 bits per heavy atom. The molecular weight excluding hydrogens is 300 g/mol. The monoisotopic (exact) mass is 316 g/mol. The predicted octanol–water partition coefficient (Wildman–Crippen LogP) is 4.17. The summed E-state index contributed by atoms with van der Waals surface area (Å²) in [6.07, 6.45) is 0. The first-order valence-corrected chi connectivity index (χ1v) is 7.23. The summed E-state index contributed by atoms with van der Waals surface area (Å²) >= 11 is 3.70. The minimum atomic E-state index is 0.847. The van der Waals surface area contributed by atoms with Gasteiger partial charge >= 0.3 is 0 Å². The zero-order chi connectivity index (χ0) is 13.6. The average Bonchev–Trinajstić information content (AvgIpc) is 2.69. The van der Waals surface area contributed by atoms with Crippen molar-refractivity contribution in [2.75, 3.05) is 10.6 Å². The van der Waals surface area contributed by atoms with E-state index in [1.807, 2.05) is 6.07 Å². The number of rotatable bonds is 1. The van der Waals surface area contributed by atoms with Gasteiger partial charge in [-0.1, -0.05) is 12.1 Å². The molecule has 0 atom stereocenters. The summed E-state index contributed by atoms with van der Waals surface area (Å²) in [6, 6.07) is 10.6. The molecule has 0 unspecified atom stereocenters. The first-order valence-electron chi connectivity index (χ1n) is 6.43. The highest BCUT2D eigenvalue weighted by Gasteiger charge is 2.22. The van der Waals surface area contributed by atoms with Crippen LogP contribution in [-0.2, 0) is 13.1 Å². The van der Waals surface area contributed by atoms with E-state index >= 15 is 0 Å². The molecule has 0 bridgehead atoms. The van der Waals surface area contributed by atoms with Crippen LogP contribution in [0.4, 0.5) is 11.4 Å². The number of hydrogen-bond donors (Lipinski definition) is 1. The predicted molar refractivity (Wildman–Crippen MR) is 84.4 cm³/mol. The van der Waals surface area contributed by atoms with Crippen LogP contribution >= 0.6 is 15.9 Å². The molecule has 0 fully saturated rings. The molecule has 3 rings (SSSR count). The smallest absolute Gasteiger partial charge is 0.0546 e. The minimum Gasteiger partial charge on any atom is -0.399 e. The van der Waals surface area contributed by atoms with Crippen LogP contribution in [0.2, 0.25) is 0 Å². The third-order valence-corrected chi connectivity index (χ3v) is 4.27. The largest absolute Gasteiger partial charge is 0.399 e. The molecule has 2 nitrogen and oxygen atoms in total. The van der Waals surface area contributed by atoms with Gasteiger partial charge in [0.2, 0.25) is 0 Å². The lowest BCUT2D eigenvalue weighted by Crippen LogP contribution is -2.16. The first-order chi connectivity index (χ1) is 9.04. The normalized spacial score (nSPS) is 13.7. The summed E-state index contributed by atoms with van der Waals surface area (Å²) in [5.41, 5.74) is 13.3. The van der Waals surface area contributed by atoms with Crippen LogP contribution in [0.1, 0.15) is 22.3 Å². The molecule has 1 heterocycles. The van der Waals surface area contributed by atoms with Crippen molar-refractivity contribution in [3.63, 3.8) is 0 Å². The number of fused-ring (bicyclic) bond motifs is 1. The summed E-state index contributed by atoms with van der Waals surface area (Å²) in [5.74, 6) is 0. The van der Waals surface area contributed by atoms with E-state index in [4.69, 9.17) is 5.73 Å². The summed E-state index contributed by atoms with van der Waals surface area (Å²) < 4.78 is 1.17. The summed E-state index contributed by atoms with van der Waals surface area (Å²) in [6.45, 7) is 6.19. The van der Waals surface area contributed by atoms with Gasteiger partial charge in [-0.3, -0.25) is 0 Å². The van der Waals surface area contributed by atoms with Crippen LogP contribution in [-0.4, -0.2) is 0 Å². The van der Waals surface area contributed by atoms with Gasteiger partial charge in [0, 0.05) is 23.2 Å². The number of nitrogen functional groups attached to an aromatic ring is 1. The van der Waals surface area contributed by atoms with Crippen molar-refractivity contribution in [1.29, 1.82) is 0 Å². The molecule has 1 aliphatic rings. The zero-order valence-corrected chi connectivity index (χ0v) is 12.8. The fraction of sp³-hybridized carbons (Fsp3) is 0.250. The Morgan fingerprint density at radius 2 is 1.79 bits per heavy atom. The molecule has 0 saturated carbocycles. The molecule has 2 aromatic rings. The molecule has 2 N–H and O–H groups in total. The molecule has 0 radical (unpaired) electrons. The molecule has 98 valence electrons. The first kappa shape index (κ1) is 12.5. The topological polar surface area (TPSA) is 29.3 Å². The second-order valence-electron chi connectivity index (χ2n) is 5.30. The summed E-state index contributed by atoms with van der Waals surface area (Å²) in [4.78, 5) is 2.41. The maximum absolute atomic E-state index is 5.87. The second kappa shape index (κ2) is 4.57. The third kappa shape index (κ3) is 2.23. The van der Waals surface area contributed by atoms with Crippen LogP contribution < -0.4 is 10.6 Å². The Hall–Kier alpha value is -1.48. The lowest BCUT2D eigenvalue weighted by atomic mass is 10.1. The van der Waals surface area contributed by atoms with Gasteiger partial charge in [-0.15, -0.1) is 0 Å². The van der Waals surface area contributed by atoms with E-state index in [-0.39, 0.29) is 0 Å². The lowest BCUT2D eigenvalue weighted by Gasteiger charge is -2.22. The molecule has 3 heteroatoms. The quantitative estimate of drug-likeness (QED) is 0.800. The Kier molecular flexibility index (Phi) is 3.02. The highest BCUT2D eigenvalue weighted by Crippen LogP contribution is 2.37. The molecule has 0 aliphatic carbocycles. The second-order valence-corrected chi connectivity index (χ2v) is 6.15. The van der Waals surface area contributed by atoms with E-state index < -0.39 is 0 Å². The number of hydrogen-bond acceptors (Lipinski definition) is 2. The van der Waals surface area contributed by atoms with Crippen molar-refractivity contribution in [3.05, 3.63) is 57.1 Å². The van der Waals surface area contributed by atoms with E-state index in [0.717, 1.165) is 18.8 Å². The van der Waals surface area contributed by atoms with E-state index in [9.17, 15) is 0 Å². The van der Waals surface area contributed by atoms with Crippen LogP contribution in [0.5, 0.6) is 0 Å². The highest BCUT2D eigenvalue weighted by atomic mass is 79.9. The Labute approximate surface area is 122 Å². The Balaban J connectivity index is 1.99. The van der Waals surface area contributed by atoms with Gasteiger partial charge in [-0.05, 0) is 70.2 Å². The van der Waals surface area contributed by atoms with Crippen molar-refractivity contribution >= 4 is 27.3 Å². The molecular formula is C16H17BrN2. The molecule has 0 saturated heterocycles. The Bertz CT molecular complexity index is 626. The van der Waals surface area contributed by atoms with Gasteiger partial charge in [0.1, 0.15) is 0 Å². The fourth-order valence-electron chi connectivity index (χ4n) is 2.88. The van der Waals surface area contributed by atoms with Crippen LogP contribution in [0, 0.1) is 13.8 Å². The zero-order valence-electron chi connectivity index (χ0n) is 11.2. The lowest BCUT2D eigenvalue weighted by molar-refractivity contribution is 0.871. The molecule has 0 spiro atoms. The van der Waals surface area contributed by atoms with Gasteiger partial charge in [0.15, 0.2) is 0 Å². The fourth-order valence-corrected chi connectivity index (χ4v) is 3.81. The van der Waals surface area contributed by atoms with Crippen molar-refractivity contribution in [1.82, 2.24) is 0 Å². The van der Waals surface area contributed by atoms with Crippen LogP contribution in [0.3, 0.4) is 0 Å². The number of anilines is 2. The minimum absolute atomic E-state index is 0.847. The number of nitrogens with zero attached hydrogens (tertiary/aromatic N) is 1. The maximum atomic E-state index is 5.87. The van der Waals surface area contributed by atoms with E-state index in [1.165, 1.54) is 32.4 Å². The van der Waals surface area contributed by atoms with Gasteiger partial charge in [-0.2, -0.15) is 0 Å². The van der Waals surface area contributed by atoms with E-state index in [0.29, 0.717) is 0 Å². The Morgan fingerprint density at radius 3 is 2.53 bits per heavy atom. The van der Waals surface area contributed by atoms with Crippen LogP contribution in [0.15, 0.2) is 34.8 Å². The number of halogens is 1. The maximum Gasteiger partial charge on any atom is 0.0546 e. The van der Waals surface area contributed by atoms with Gasteiger partial charge in [0.05, 0.1) is 5.69 Å². The van der Waals surface area contributed by atoms with Crippen molar-refractivity contribution in [2.24, 2.45) is 0 Å². The summed E-state index contributed by atoms with van der Waals surface area (Å²) in [5, 5.41) is 0. The standard InChI is InChI=1S/C16H17BrN2/c1-10-5-11(2)16(15(17)6-10)19-8-12-3-4-14(18)7-13(12)9-19/h3-7H,8-9,18H2,1-2H3. The molecule has 0 amide bonds. The molecule has 1 aliphatic heterocycles. The van der Waals surface area contributed by atoms with Gasteiger partial charge < -0.3 is 10.6 Å². The van der Waals surface area contributed by atoms with Crippen molar-refractivity contribution < 1.29 is 0 Å². The highest BCUT2D eigenvalue weighted by molar-refractivity contribution is 9.10. The molecule has 19 heavy (non-hydrogen) atoms. The van der Waals surface area contributed by atoms with Gasteiger partial charge in [0.25, 0.3) is 0 Å². The number of nitrogens with two attached hydrogens (primary N) is 1. The molecule has 2 aromatic carbocycles. The summed E-state index contributed by atoms with van der Waals surface area (Å²) in [7, 11) is 0. The van der Waals surface area contributed by atoms with Crippen molar-refractivity contribution in [2.45, 2.75) is 26.9 Å². The van der Waals surface area contributed by atoms with Crippen molar-refractivity contribution in [3.8, 4) is 0 Å². The number of benzene rings is 2. The molecule has 0 aromatic heterocycles. The SMILES string of the molecule is Cc1cc(C)c(N2Cc3ccc(N)cc3C2)c(Br)c1. The van der Waals surface area contributed by atoms with E-state index in [1.54, 1.807) is 0 Å². The average molecular weight is 317 g/mol.